The van der Waals surface area contributed by atoms with Gasteiger partial charge in [0.2, 0.25) is 10.0 Å². The first-order valence-corrected chi connectivity index (χ1v) is 8.69. The maximum absolute atomic E-state index is 12.7. The number of halogens is 2. The lowest BCUT2D eigenvalue weighted by Crippen LogP contribution is -2.33. The zero-order chi connectivity index (χ0) is 15.8. The van der Waals surface area contributed by atoms with Crippen LogP contribution >= 0.6 is 23.2 Å². The number of carboxylic acids is 1. The van der Waals surface area contributed by atoms with Crippen LogP contribution in [0, 0.1) is 5.92 Å². The summed E-state index contributed by atoms with van der Waals surface area (Å²) in [4.78, 5) is 10.9. The van der Waals surface area contributed by atoms with Gasteiger partial charge in [0.1, 0.15) is 4.90 Å². The molecule has 0 atom stereocenters. The van der Waals surface area contributed by atoms with Gasteiger partial charge in [0.05, 0.1) is 10.6 Å². The second kappa shape index (κ2) is 6.12. The van der Waals surface area contributed by atoms with Gasteiger partial charge in [-0.3, -0.25) is 0 Å². The number of benzene rings is 1. The summed E-state index contributed by atoms with van der Waals surface area (Å²) >= 11 is 11.8. The van der Waals surface area contributed by atoms with Crippen LogP contribution in [0.1, 0.15) is 30.1 Å². The molecule has 0 amide bonds. The highest BCUT2D eigenvalue weighted by Crippen LogP contribution is 2.35. The topological polar surface area (TPSA) is 74.7 Å². The normalized spacial score (nSPS) is 15.4. The molecule has 0 bridgehead atoms. The lowest BCUT2D eigenvalue weighted by Gasteiger charge is -2.21. The fourth-order valence-electron chi connectivity index (χ4n) is 2.03. The highest BCUT2D eigenvalue weighted by Gasteiger charge is 2.33. The van der Waals surface area contributed by atoms with E-state index in [1.165, 1.54) is 10.4 Å². The third-order valence-electron chi connectivity index (χ3n) is 3.36. The van der Waals surface area contributed by atoms with E-state index in [-0.39, 0.29) is 20.5 Å². The minimum atomic E-state index is -3.86. The molecule has 1 aromatic rings. The summed E-state index contributed by atoms with van der Waals surface area (Å²) in [6.07, 6.45) is 2.02. The molecule has 1 saturated carbocycles. The van der Waals surface area contributed by atoms with Gasteiger partial charge in [0.25, 0.3) is 0 Å². The van der Waals surface area contributed by atoms with Crippen molar-refractivity contribution in [3.8, 4) is 0 Å². The first-order chi connectivity index (χ1) is 9.77. The van der Waals surface area contributed by atoms with Crippen LogP contribution in [-0.4, -0.2) is 36.9 Å². The Morgan fingerprint density at radius 2 is 2.00 bits per heavy atom. The molecule has 0 radical (unpaired) electrons. The zero-order valence-corrected chi connectivity index (χ0v) is 13.7. The van der Waals surface area contributed by atoms with Gasteiger partial charge in [-0.25, -0.2) is 13.2 Å². The Morgan fingerprint density at radius 3 is 2.48 bits per heavy atom. The molecule has 1 N–H and O–H groups in total. The maximum atomic E-state index is 12.7. The highest BCUT2D eigenvalue weighted by atomic mass is 35.5. The molecule has 116 valence electrons. The van der Waals surface area contributed by atoms with Gasteiger partial charge < -0.3 is 5.11 Å². The van der Waals surface area contributed by atoms with Crippen LogP contribution in [0.5, 0.6) is 0 Å². The predicted molar refractivity (Wildman–Crippen MR) is 80.6 cm³/mol. The molecule has 5 nitrogen and oxygen atoms in total. The second-order valence-corrected chi connectivity index (χ2v) is 7.69. The lowest BCUT2D eigenvalue weighted by molar-refractivity contribution is 0.0697. The van der Waals surface area contributed by atoms with E-state index in [1.54, 1.807) is 6.92 Å². The summed E-state index contributed by atoms with van der Waals surface area (Å²) in [5.74, 6) is -0.944. The number of carbonyl (C=O) groups is 1. The number of carboxylic acid groups (broad SMARTS) is 1. The number of hydrogen-bond acceptors (Lipinski definition) is 3. The van der Waals surface area contributed by atoms with Crippen LogP contribution in [0.3, 0.4) is 0 Å². The third-order valence-corrected chi connectivity index (χ3v) is 6.07. The van der Waals surface area contributed by atoms with Gasteiger partial charge in [-0.15, -0.1) is 0 Å². The molecule has 1 aliphatic rings. The van der Waals surface area contributed by atoms with E-state index in [0.29, 0.717) is 19.0 Å². The minimum Gasteiger partial charge on any atom is -0.478 e. The van der Waals surface area contributed by atoms with Crippen molar-refractivity contribution in [2.24, 2.45) is 5.92 Å². The summed E-state index contributed by atoms with van der Waals surface area (Å²) in [5.41, 5.74) is -0.315. The largest absolute Gasteiger partial charge is 0.478 e. The van der Waals surface area contributed by atoms with Crippen molar-refractivity contribution in [3.05, 3.63) is 27.7 Å². The fraction of sp³-hybridized carbons (Fsp3) is 0.462. The summed E-state index contributed by atoms with van der Waals surface area (Å²) in [7, 11) is -3.86. The molecule has 1 fully saturated rings. The monoisotopic (exact) mass is 351 g/mol. The molecule has 8 heteroatoms. The van der Waals surface area contributed by atoms with E-state index in [0.717, 1.165) is 18.9 Å². The molecule has 21 heavy (non-hydrogen) atoms. The van der Waals surface area contributed by atoms with E-state index in [2.05, 4.69) is 0 Å². The minimum absolute atomic E-state index is 0.0258. The van der Waals surface area contributed by atoms with Crippen molar-refractivity contribution in [1.29, 1.82) is 0 Å². The van der Waals surface area contributed by atoms with E-state index in [4.69, 9.17) is 28.3 Å². The van der Waals surface area contributed by atoms with Crippen molar-refractivity contribution in [2.75, 3.05) is 13.1 Å². The second-order valence-electron chi connectivity index (χ2n) is 4.97. The molecule has 0 heterocycles. The molecular weight excluding hydrogens is 337 g/mol. The van der Waals surface area contributed by atoms with Crippen LogP contribution in [0.4, 0.5) is 0 Å². The van der Waals surface area contributed by atoms with E-state index in [9.17, 15) is 13.2 Å². The SMILES string of the molecule is CCN(CC1CC1)S(=O)(=O)c1cc(Cl)cc(C(=O)O)c1Cl. The smallest absolute Gasteiger partial charge is 0.337 e. The van der Waals surface area contributed by atoms with Crippen molar-refractivity contribution >= 4 is 39.2 Å². The highest BCUT2D eigenvalue weighted by molar-refractivity contribution is 7.89. The quantitative estimate of drug-likeness (QED) is 0.854. The average Bonchev–Trinajstić information content (AvgIpc) is 3.21. The molecule has 0 aromatic heterocycles. The van der Waals surface area contributed by atoms with Crippen LogP contribution in [0.15, 0.2) is 17.0 Å². The predicted octanol–water partition coefficient (Wildman–Crippen LogP) is 3.11. The Balaban J connectivity index is 2.50. The fourth-order valence-corrected chi connectivity index (χ4v) is 4.44. The van der Waals surface area contributed by atoms with Crippen LogP contribution < -0.4 is 0 Å². The van der Waals surface area contributed by atoms with Gasteiger partial charge in [-0.2, -0.15) is 4.31 Å². The summed E-state index contributed by atoms with van der Waals surface area (Å²) in [6.45, 7) is 2.45. The van der Waals surface area contributed by atoms with Gasteiger partial charge in [-0.05, 0) is 30.9 Å². The first kappa shape index (κ1) is 16.5. The van der Waals surface area contributed by atoms with Crippen molar-refractivity contribution < 1.29 is 18.3 Å². The van der Waals surface area contributed by atoms with Gasteiger partial charge in [-0.1, -0.05) is 30.1 Å². The number of hydrogen-bond donors (Lipinski definition) is 1. The molecule has 1 aliphatic carbocycles. The van der Waals surface area contributed by atoms with Crippen LogP contribution in [-0.2, 0) is 10.0 Å². The molecule has 2 rings (SSSR count). The molecule has 0 aliphatic heterocycles. The van der Waals surface area contributed by atoms with Gasteiger partial charge >= 0.3 is 5.97 Å². The Morgan fingerprint density at radius 1 is 1.38 bits per heavy atom. The van der Waals surface area contributed by atoms with Gasteiger partial charge in [0, 0.05) is 18.1 Å². The van der Waals surface area contributed by atoms with E-state index in [1.807, 2.05) is 0 Å². The Bertz CT molecular complexity index is 671. The zero-order valence-electron chi connectivity index (χ0n) is 11.3. The third kappa shape index (κ3) is 3.51. The maximum Gasteiger partial charge on any atom is 0.337 e. The first-order valence-electron chi connectivity index (χ1n) is 6.49. The molecule has 1 aromatic carbocycles. The van der Waals surface area contributed by atoms with E-state index >= 15 is 0 Å². The van der Waals surface area contributed by atoms with Crippen molar-refractivity contribution in [3.63, 3.8) is 0 Å². The molecule has 0 spiro atoms. The molecule has 0 saturated heterocycles. The number of nitrogens with zero attached hydrogens (tertiary/aromatic N) is 1. The molecular formula is C13H15Cl2NO4S. The van der Waals surface area contributed by atoms with Crippen molar-refractivity contribution in [2.45, 2.75) is 24.7 Å². The number of aromatic carboxylic acids is 1. The van der Waals surface area contributed by atoms with Crippen molar-refractivity contribution in [1.82, 2.24) is 4.31 Å². The Hall–Kier alpha value is -0.820. The van der Waals surface area contributed by atoms with Crippen LogP contribution in [0.25, 0.3) is 0 Å². The summed E-state index contributed by atoms with van der Waals surface area (Å²) in [5, 5.41) is 8.80. The van der Waals surface area contributed by atoms with E-state index < -0.39 is 16.0 Å². The Kier molecular flexibility index (Phi) is 4.82. The van der Waals surface area contributed by atoms with Crippen LogP contribution in [0.2, 0.25) is 10.0 Å². The lowest BCUT2D eigenvalue weighted by atomic mass is 10.2. The molecule has 0 unspecified atom stereocenters. The van der Waals surface area contributed by atoms with Gasteiger partial charge in [0.15, 0.2) is 0 Å². The average molecular weight is 352 g/mol. The Labute approximate surface area is 133 Å². The summed E-state index contributed by atoms with van der Waals surface area (Å²) < 4.78 is 26.6. The number of rotatable bonds is 6. The summed E-state index contributed by atoms with van der Waals surface area (Å²) in [6, 6.07) is 2.34. The standard InChI is InChI=1S/C13H15Cl2NO4S/c1-2-16(7-8-3-4-8)21(19,20)11-6-9(14)5-10(12(11)15)13(17)18/h5-6,8H,2-4,7H2,1H3,(H,17,18). The number of sulfonamides is 1.